The van der Waals surface area contributed by atoms with Crippen LogP contribution in [0.2, 0.25) is 5.02 Å². The number of nitrogens with zero attached hydrogens (tertiary/aromatic N) is 1. The van der Waals surface area contributed by atoms with Crippen LogP contribution in [-0.2, 0) is 10.0 Å². The second-order valence-corrected chi connectivity index (χ2v) is 7.23. The molecule has 0 saturated heterocycles. The molecule has 1 aromatic heterocycles. The SMILES string of the molecule is Cc1ccc(S(=O)(=O)n2c(C(=O)O)c(Cl)c3ccccc32)cc1. The molecule has 0 spiro atoms. The lowest BCUT2D eigenvalue weighted by Crippen LogP contribution is -2.18. The Morgan fingerprint density at radius 3 is 2.30 bits per heavy atom. The molecule has 0 fully saturated rings. The highest BCUT2D eigenvalue weighted by atomic mass is 35.5. The monoisotopic (exact) mass is 349 g/mol. The molecule has 0 radical (unpaired) electrons. The van der Waals surface area contributed by atoms with Crippen LogP contribution in [0.5, 0.6) is 0 Å². The number of aromatic nitrogens is 1. The number of hydrogen-bond acceptors (Lipinski definition) is 3. The highest BCUT2D eigenvalue weighted by molar-refractivity contribution is 7.90. The van der Waals surface area contributed by atoms with Crippen LogP contribution in [0.15, 0.2) is 53.4 Å². The summed E-state index contributed by atoms with van der Waals surface area (Å²) in [7, 11) is -4.09. The number of fused-ring (bicyclic) bond motifs is 1. The number of aryl methyl sites for hydroxylation is 1. The summed E-state index contributed by atoms with van der Waals surface area (Å²) in [5.74, 6) is -1.40. The molecule has 3 rings (SSSR count). The van der Waals surface area contributed by atoms with Gasteiger partial charge in [0.05, 0.1) is 15.4 Å². The first-order chi connectivity index (χ1) is 10.8. The number of para-hydroxylation sites is 1. The summed E-state index contributed by atoms with van der Waals surface area (Å²) >= 11 is 6.11. The molecule has 0 bridgehead atoms. The quantitative estimate of drug-likeness (QED) is 0.784. The molecule has 2 aromatic carbocycles. The van der Waals surface area contributed by atoms with Gasteiger partial charge in [-0.1, -0.05) is 47.5 Å². The van der Waals surface area contributed by atoms with Gasteiger partial charge >= 0.3 is 5.97 Å². The number of hydrogen-bond donors (Lipinski definition) is 1. The first-order valence-corrected chi connectivity index (χ1v) is 8.50. The molecule has 1 heterocycles. The van der Waals surface area contributed by atoms with Gasteiger partial charge < -0.3 is 5.11 Å². The van der Waals surface area contributed by atoms with Gasteiger partial charge in [0.1, 0.15) is 0 Å². The lowest BCUT2D eigenvalue weighted by molar-refractivity contribution is 0.0690. The molecule has 23 heavy (non-hydrogen) atoms. The van der Waals surface area contributed by atoms with Crippen LogP contribution in [0, 0.1) is 6.92 Å². The van der Waals surface area contributed by atoms with Crippen molar-refractivity contribution in [2.24, 2.45) is 0 Å². The molecule has 0 unspecified atom stereocenters. The zero-order valence-corrected chi connectivity index (χ0v) is 13.6. The molecule has 0 saturated carbocycles. The lowest BCUT2D eigenvalue weighted by Gasteiger charge is -2.10. The summed E-state index contributed by atoms with van der Waals surface area (Å²) in [6.45, 7) is 1.83. The van der Waals surface area contributed by atoms with Crippen molar-refractivity contribution in [3.8, 4) is 0 Å². The van der Waals surface area contributed by atoms with Crippen molar-refractivity contribution >= 4 is 38.5 Å². The summed E-state index contributed by atoms with van der Waals surface area (Å²) in [5, 5.41) is 9.72. The maximum Gasteiger partial charge on any atom is 0.355 e. The fourth-order valence-corrected chi connectivity index (χ4v) is 4.31. The Morgan fingerprint density at radius 1 is 1.09 bits per heavy atom. The molecular formula is C16H12ClNO4S. The van der Waals surface area contributed by atoms with E-state index in [9.17, 15) is 18.3 Å². The van der Waals surface area contributed by atoms with Crippen LogP contribution < -0.4 is 0 Å². The first kappa shape index (κ1) is 15.6. The number of aromatic carboxylic acids is 1. The fraction of sp³-hybridized carbons (Fsp3) is 0.0625. The molecule has 0 aliphatic carbocycles. The van der Waals surface area contributed by atoms with E-state index in [1.807, 2.05) is 6.92 Å². The smallest absolute Gasteiger partial charge is 0.355 e. The Bertz CT molecular complexity index is 1020. The maximum absolute atomic E-state index is 12.9. The molecule has 0 atom stereocenters. The molecule has 3 aromatic rings. The maximum atomic E-state index is 12.9. The number of carboxylic acids is 1. The van der Waals surface area contributed by atoms with Crippen LogP contribution in [0.3, 0.4) is 0 Å². The lowest BCUT2D eigenvalue weighted by atomic mass is 10.2. The van der Waals surface area contributed by atoms with Gasteiger partial charge in [0.25, 0.3) is 10.0 Å². The van der Waals surface area contributed by atoms with Gasteiger partial charge in [0, 0.05) is 5.39 Å². The largest absolute Gasteiger partial charge is 0.476 e. The average molecular weight is 350 g/mol. The summed E-state index contributed by atoms with van der Waals surface area (Å²) in [6, 6.07) is 12.6. The predicted molar refractivity (Wildman–Crippen MR) is 87.7 cm³/mol. The van der Waals surface area contributed by atoms with Gasteiger partial charge in [-0.15, -0.1) is 0 Å². The normalized spacial score (nSPS) is 11.7. The second kappa shape index (κ2) is 5.40. The van der Waals surface area contributed by atoms with E-state index in [-0.39, 0.29) is 15.4 Å². The van der Waals surface area contributed by atoms with Crippen LogP contribution >= 0.6 is 11.6 Å². The third kappa shape index (κ3) is 2.40. The molecule has 118 valence electrons. The van der Waals surface area contributed by atoms with Gasteiger partial charge in [-0.3, -0.25) is 0 Å². The first-order valence-electron chi connectivity index (χ1n) is 6.68. The van der Waals surface area contributed by atoms with Crippen molar-refractivity contribution in [2.75, 3.05) is 0 Å². The highest BCUT2D eigenvalue weighted by Gasteiger charge is 2.29. The number of rotatable bonds is 3. The minimum atomic E-state index is -4.09. The van der Waals surface area contributed by atoms with Crippen LogP contribution in [0.25, 0.3) is 10.9 Å². The Labute approximate surface area is 137 Å². The Kier molecular flexibility index (Phi) is 3.66. The number of halogens is 1. The van der Waals surface area contributed by atoms with Gasteiger partial charge in [0.15, 0.2) is 5.69 Å². The highest BCUT2D eigenvalue weighted by Crippen LogP contribution is 2.33. The van der Waals surface area contributed by atoms with E-state index >= 15 is 0 Å². The van der Waals surface area contributed by atoms with Crippen molar-refractivity contribution in [2.45, 2.75) is 11.8 Å². The minimum absolute atomic E-state index is 0.00280. The molecule has 5 nitrogen and oxygen atoms in total. The van der Waals surface area contributed by atoms with Crippen LogP contribution in [-0.4, -0.2) is 23.5 Å². The second-order valence-electron chi connectivity index (χ2n) is 5.07. The predicted octanol–water partition coefficient (Wildman–Crippen LogP) is 3.54. The van der Waals surface area contributed by atoms with E-state index in [2.05, 4.69) is 0 Å². The topological polar surface area (TPSA) is 76.4 Å². The Morgan fingerprint density at radius 2 is 1.70 bits per heavy atom. The van der Waals surface area contributed by atoms with Crippen molar-refractivity contribution in [1.82, 2.24) is 3.97 Å². The molecule has 1 N–H and O–H groups in total. The number of benzene rings is 2. The Balaban J connectivity index is 2.41. The van der Waals surface area contributed by atoms with E-state index in [4.69, 9.17) is 11.6 Å². The van der Waals surface area contributed by atoms with E-state index in [0.717, 1.165) is 9.54 Å². The summed E-state index contributed by atoms with van der Waals surface area (Å²) in [6.07, 6.45) is 0. The van der Waals surface area contributed by atoms with Gasteiger partial charge in [-0.05, 0) is 25.1 Å². The number of carbonyl (C=O) groups is 1. The number of carboxylic acid groups (broad SMARTS) is 1. The summed E-state index contributed by atoms with van der Waals surface area (Å²) in [5.41, 5.74) is 0.668. The van der Waals surface area contributed by atoms with Gasteiger partial charge in [-0.2, -0.15) is 0 Å². The van der Waals surface area contributed by atoms with E-state index in [0.29, 0.717) is 5.39 Å². The van der Waals surface area contributed by atoms with E-state index in [1.165, 1.54) is 18.2 Å². The molecular weight excluding hydrogens is 338 g/mol. The van der Waals surface area contributed by atoms with Crippen molar-refractivity contribution in [3.63, 3.8) is 0 Å². The van der Waals surface area contributed by atoms with Crippen LogP contribution in [0.1, 0.15) is 16.1 Å². The molecule has 0 amide bonds. The minimum Gasteiger partial charge on any atom is -0.476 e. The summed E-state index contributed by atoms with van der Waals surface area (Å²) < 4.78 is 26.7. The standard InChI is InChI=1S/C16H12ClNO4S/c1-10-6-8-11(9-7-10)23(21,22)18-13-5-3-2-4-12(13)14(17)15(18)16(19)20/h2-9H,1H3,(H,19,20). The fourth-order valence-electron chi connectivity index (χ4n) is 2.42. The molecule has 7 heteroatoms. The van der Waals surface area contributed by atoms with Crippen molar-refractivity contribution in [1.29, 1.82) is 0 Å². The zero-order chi connectivity index (χ0) is 16.8. The third-order valence-electron chi connectivity index (χ3n) is 3.53. The van der Waals surface area contributed by atoms with Crippen molar-refractivity contribution < 1.29 is 18.3 Å². The molecule has 0 aliphatic rings. The summed E-state index contributed by atoms with van der Waals surface area (Å²) in [4.78, 5) is 11.6. The van der Waals surface area contributed by atoms with Gasteiger partial charge in [-0.25, -0.2) is 17.2 Å². The van der Waals surface area contributed by atoms with Crippen LogP contribution in [0.4, 0.5) is 0 Å². The van der Waals surface area contributed by atoms with E-state index < -0.39 is 21.7 Å². The zero-order valence-electron chi connectivity index (χ0n) is 12.0. The van der Waals surface area contributed by atoms with Crippen molar-refractivity contribution in [3.05, 3.63) is 64.8 Å². The average Bonchev–Trinajstić information content (AvgIpc) is 2.82. The van der Waals surface area contributed by atoms with Gasteiger partial charge in [0.2, 0.25) is 0 Å². The Hall–Kier alpha value is -2.31. The third-order valence-corrected chi connectivity index (χ3v) is 5.64. The molecule has 0 aliphatic heterocycles. The van der Waals surface area contributed by atoms with E-state index in [1.54, 1.807) is 30.3 Å².